The largest absolute Gasteiger partial charge is 0.504 e. The van der Waals surface area contributed by atoms with E-state index < -0.39 is 5.56 Å². The van der Waals surface area contributed by atoms with Crippen molar-refractivity contribution in [2.75, 3.05) is 14.2 Å². The van der Waals surface area contributed by atoms with Crippen molar-refractivity contribution in [1.29, 1.82) is 5.26 Å². The molecule has 0 aliphatic rings. The van der Waals surface area contributed by atoms with Crippen LogP contribution in [-0.2, 0) is 16.0 Å². The number of allylic oxidation sites excluding steroid dienone is 5. The van der Waals surface area contributed by atoms with Crippen molar-refractivity contribution >= 4 is 5.71 Å². The van der Waals surface area contributed by atoms with Crippen LogP contribution in [0.4, 0.5) is 0 Å². The van der Waals surface area contributed by atoms with Gasteiger partial charge in [-0.2, -0.15) is 15.8 Å². The molecule has 0 unspecified atom stereocenters. The summed E-state index contributed by atoms with van der Waals surface area (Å²) < 4.78 is 9.62. The van der Waals surface area contributed by atoms with Crippen molar-refractivity contribution in [2.24, 2.45) is 10.9 Å². The van der Waals surface area contributed by atoms with Gasteiger partial charge in [0, 0.05) is 0 Å². The van der Waals surface area contributed by atoms with Gasteiger partial charge in [0.05, 0.1) is 44.9 Å². The third kappa shape index (κ3) is 13.2. The van der Waals surface area contributed by atoms with E-state index in [2.05, 4.69) is 27.1 Å². The number of benzene rings is 1. The van der Waals surface area contributed by atoms with Gasteiger partial charge in [-0.1, -0.05) is 44.7 Å². The molecule has 0 amide bonds. The van der Waals surface area contributed by atoms with E-state index in [1.54, 1.807) is 69.9 Å². The van der Waals surface area contributed by atoms with E-state index in [1.165, 1.54) is 6.20 Å². The first-order valence-corrected chi connectivity index (χ1v) is 11.4. The predicted octanol–water partition coefficient (Wildman–Crippen LogP) is 4.24. The summed E-state index contributed by atoms with van der Waals surface area (Å²) in [6, 6.07) is 9.04. The summed E-state index contributed by atoms with van der Waals surface area (Å²) in [5, 5.41) is 12.3. The van der Waals surface area contributed by atoms with Crippen LogP contribution in [0.3, 0.4) is 0 Å². The van der Waals surface area contributed by atoms with Gasteiger partial charge in [0.15, 0.2) is 5.82 Å². The number of aromatic amines is 1. The first kappa shape index (κ1) is 32.4. The van der Waals surface area contributed by atoms with Crippen LogP contribution in [0.1, 0.15) is 44.6 Å². The number of nitriles is 1. The predicted molar refractivity (Wildman–Crippen MR) is 146 cm³/mol. The van der Waals surface area contributed by atoms with Gasteiger partial charge in [-0.3, -0.25) is 4.79 Å². The molecule has 2 aromatic rings. The normalized spacial score (nSPS) is 11.1. The molecule has 0 atom stereocenters. The van der Waals surface area contributed by atoms with Crippen LogP contribution in [0.5, 0.6) is 5.75 Å². The molecule has 2 rings (SSSR count). The van der Waals surface area contributed by atoms with Gasteiger partial charge in [0.2, 0.25) is 5.75 Å². The Morgan fingerprint density at radius 1 is 1.24 bits per heavy atom. The third-order valence-electron chi connectivity index (χ3n) is 4.11. The zero-order valence-corrected chi connectivity index (χ0v) is 22.2. The Kier molecular flexibility index (Phi) is 17.2. The molecule has 1 aromatic carbocycles. The lowest BCUT2D eigenvalue weighted by Gasteiger charge is -2.07. The highest BCUT2D eigenvalue weighted by molar-refractivity contribution is 6.05. The average Bonchev–Trinajstić information content (AvgIpc) is 2.93. The molecule has 0 radical (unpaired) electrons. The smallest absolute Gasteiger partial charge is 0.296 e. The van der Waals surface area contributed by atoms with Crippen LogP contribution in [0.15, 0.2) is 88.8 Å². The van der Waals surface area contributed by atoms with E-state index in [0.29, 0.717) is 23.6 Å². The minimum absolute atomic E-state index is 0.0178. The van der Waals surface area contributed by atoms with Crippen LogP contribution in [0, 0.1) is 11.3 Å². The summed E-state index contributed by atoms with van der Waals surface area (Å²) in [7, 11) is 3.20. The maximum atomic E-state index is 12.0. The first-order chi connectivity index (χ1) is 17.9. The Morgan fingerprint density at radius 2 is 1.92 bits per heavy atom. The first-order valence-electron chi connectivity index (χ1n) is 11.4. The van der Waals surface area contributed by atoms with Crippen molar-refractivity contribution in [3.8, 4) is 11.8 Å². The van der Waals surface area contributed by atoms with Gasteiger partial charge in [0.25, 0.3) is 5.56 Å². The average molecular weight is 509 g/mol. The Morgan fingerprint density at radius 3 is 2.43 bits per heavy atom. The maximum absolute atomic E-state index is 12.0. The number of hydrogen-bond acceptors (Lipinski definition) is 9. The molecule has 0 spiro atoms. The number of ether oxygens (including phenoxy) is 2. The molecule has 0 aliphatic carbocycles. The fraction of sp³-hybridized carbons (Fsp3) is 0.259. The number of rotatable bonds is 10. The number of nitrogens with one attached hydrogen (secondary N) is 2. The summed E-state index contributed by atoms with van der Waals surface area (Å²) >= 11 is 0. The molecule has 0 aliphatic heterocycles. The van der Waals surface area contributed by atoms with Gasteiger partial charge >= 0.3 is 0 Å². The second-order valence-electron chi connectivity index (χ2n) is 6.77. The van der Waals surface area contributed by atoms with Crippen LogP contribution < -0.4 is 21.7 Å². The molecule has 1 heterocycles. The third-order valence-corrected chi connectivity index (χ3v) is 4.11. The fourth-order valence-electron chi connectivity index (χ4n) is 2.34. The van der Waals surface area contributed by atoms with Gasteiger partial charge in [-0.25, -0.2) is 4.98 Å². The van der Waals surface area contributed by atoms with Crippen molar-refractivity contribution in [2.45, 2.75) is 34.2 Å². The van der Waals surface area contributed by atoms with Gasteiger partial charge < -0.3 is 25.1 Å². The zero-order chi connectivity index (χ0) is 28.1. The van der Waals surface area contributed by atoms with Gasteiger partial charge in [-0.05, 0) is 49.3 Å². The molecule has 4 N–H and O–H groups in total. The van der Waals surface area contributed by atoms with Crippen molar-refractivity contribution in [3.05, 3.63) is 106 Å². The van der Waals surface area contributed by atoms with Gasteiger partial charge in [0.1, 0.15) is 11.5 Å². The number of H-pyrrole nitrogens is 1. The highest BCUT2D eigenvalue weighted by Crippen LogP contribution is 2.04. The molecular formula is C27H36N6O4. The number of methoxy groups -OCH3 is 2. The lowest BCUT2D eigenvalue weighted by atomic mass is 10.1. The summed E-state index contributed by atoms with van der Waals surface area (Å²) in [6.07, 6.45) is 9.95. The van der Waals surface area contributed by atoms with Crippen molar-refractivity contribution < 1.29 is 14.3 Å². The number of hydrogen-bond donors (Lipinski definition) is 3. The van der Waals surface area contributed by atoms with Crippen molar-refractivity contribution in [3.63, 3.8) is 0 Å². The molecule has 37 heavy (non-hydrogen) atoms. The standard InChI is InChI=1S/C16H16N6O2.C9H14O2.C2H6/c1-2-3-13(22-18)15-19-10-14(16(23)21-15)24-20-9-12-6-4-11(8-17)5-7-12;1-8(7-10-3)5-6-9(2)11-4;1-2/h2-7,10,20H,9,18H2,1H3,(H,19,21,23);5-7H,2H2,1,3-4H3;1-2H3/b3-2-,22-13+;6-5-,8-7+;. The minimum atomic E-state index is -0.460. The summed E-state index contributed by atoms with van der Waals surface area (Å²) in [5.74, 6) is 6.16. The monoisotopic (exact) mass is 508 g/mol. The topological polar surface area (TPSA) is 148 Å². The van der Waals surface area contributed by atoms with E-state index in [1.807, 2.05) is 32.9 Å². The molecule has 0 bridgehead atoms. The van der Waals surface area contributed by atoms with Crippen LogP contribution >= 0.6 is 0 Å². The highest BCUT2D eigenvalue weighted by Gasteiger charge is 2.07. The van der Waals surface area contributed by atoms with Crippen LogP contribution in [0.25, 0.3) is 0 Å². The zero-order valence-electron chi connectivity index (χ0n) is 22.2. The van der Waals surface area contributed by atoms with E-state index in [9.17, 15) is 4.79 Å². The highest BCUT2D eigenvalue weighted by atomic mass is 16.6. The van der Waals surface area contributed by atoms with Crippen LogP contribution in [-0.4, -0.2) is 29.9 Å². The lowest BCUT2D eigenvalue weighted by Crippen LogP contribution is -2.24. The van der Waals surface area contributed by atoms with Crippen LogP contribution in [0.2, 0.25) is 0 Å². The van der Waals surface area contributed by atoms with Gasteiger partial charge in [-0.15, -0.1) is 0 Å². The Labute approximate surface area is 218 Å². The molecule has 198 valence electrons. The number of hydroxylamine groups is 1. The Balaban J connectivity index is 0.000000841. The Hall–Kier alpha value is -4.62. The number of nitrogens with two attached hydrogens (primary N) is 1. The fourth-order valence-corrected chi connectivity index (χ4v) is 2.34. The number of aromatic nitrogens is 2. The molecular weight excluding hydrogens is 472 g/mol. The quantitative estimate of drug-likeness (QED) is 0.142. The van der Waals surface area contributed by atoms with E-state index >= 15 is 0 Å². The maximum Gasteiger partial charge on any atom is 0.296 e. The molecule has 10 nitrogen and oxygen atoms in total. The van der Waals surface area contributed by atoms with E-state index in [4.69, 9.17) is 25.4 Å². The van der Waals surface area contributed by atoms with E-state index in [-0.39, 0.29) is 11.6 Å². The minimum Gasteiger partial charge on any atom is -0.504 e. The Bertz CT molecular complexity index is 1170. The molecule has 0 saturated heterocycles. The number of nitrogens with zero attached hydrogens (tertiary/aromatic N) is 3. The summed E-state index contributed by atoms with van der Waals surface area (Å²) in [4.78, 5) is 23.8. The lowest BCUT2D eigenvalue weighted by molar-refractivity contribution is 0.186. The second kappa shape index (κ2) is 19.7. The van der Waals surface area contributed by atoms with E-state index in [0.717, 1.165) is 11.1 Å². The molecule has 0 fully saturated rings. The SMILES string of the molecule is C/C=C\C(=N/N)c1ncc(ONCc2ccc(C#N)cc2)c(=O)[nH]1.C=C(/C=C\C(C)=C\OC)OC.CC. The second-order valence-corrected chi connectivity index (χ2v) is 6.77. The molecule has 1 aromatic heterocycles. The number of hydrazone groups is 1. The summed E-state index contributed by atoms with van der Waals surface area (Å²) in [5.41, 5.74) is 5.07. The van der Waals surface area contributed by atoms with Crippen molar-refractivity contribution in [1.82, 2.24) is 15.4 Å². The summed E-state index contributed by atoms with van der Waals surface area (Å²) in [6.45, 7) is 11.7. The molecule has 10 heteroatoms. The molecule has 0 saturated carbocycles.